The largest absolute Gasteiger partial charge is 0.378 e. The lowest BCUT2D eigenvalue weighted by atomic mass is 10.1. The summed E-state index contributed by atoms with van der Waals surface area (Å²) in [5.41, 5.74) is 5.29. The number of hydrogen-bond acceptors (Lipinski definition) is 5. The van der Waals surface area contributed by atoms with Crippen LogP contribution in [0.4, 0.5) is 5.69 Å². The fourth-order valence-corrected chi connectivity index (χ4v) is 4.20. The molecule has 33 heavy (non-hydrogen) atoms. The first kappa shape index (κ1) is 21.2. The molecular formula is C26H27N5O2. The molecule has 0 bridgehead atoms. The van der Waals surface area contributed by atoms with Gasteiger partial charge in [-0.2, -0.15) is 0 Å². The van der Waals surface area contributed by atoms with Gasteiger partial charge in [-0.25, -0.2) is 4.98 Å². The van der Waals surface area contributed by atoms with Crippen molar-refractivity contribution >= 4 is 22.5 Å². The van der Waals surface area contributed by atoms with E-state index in [1.807, 2.05) is 54.2 Å². The lowest BCUT2D eigenvalue weighted by Crippen LogP contribution is -2.36. The molecule has 4 heterocycles. The van der Waals surface area contributed by atoms with Crippen LogP contribution in [0, 0.1) is 0 Å². The molecular weight excluding hydrogens is 414 g/mol. The van der Waals surface area contributed by atoms with Crippen LogP contribution in [0.3, 0.4) is 0 Å². The standard InChI is InChI=1S/C26H27N5O2/c1-30-12-9-22-24(30)18-23(19-5-4-7-21(17-19)31-13-15-33-16-14-31)29-25(22)26(32)28-11-8-20-6-2-3-10-27-20/h2-7,9-10,12,17-18H,8,11,13-16H2,1H3,(H,28,32). The number of carbonyl (C=O) groups is 1. The molecule has 0 saturated carbocycles. The highest BCUT2D eigenvalue weighted by molar-refractivity contribution is 6.05. The van der Waals surface area contributed by atoms with Gasteiger partial charge in [0.15, 0.2) is 0 Å². The molecule has 1 saturated heterocycles. The number of nitrogens with one attached hydrogen (secondary N) is 1. The van der Waals surface area contributed by atoms with Crippen LogP contribution in [0.1, 0.15) is 16.2 Å². The Morgan fingerprint density at radius 3 is 2.79 bits per heavy atom. The molecule has 0 aliphatic carbocycles. The normalized spacial score (nSPS) is 13.9. The zero-order chi connectivity index (χ0) is 22.6. The van der Waals surface area contributed by atoms with Gasteiger partial charge in [0.25, 0.3) is 5.91 Å². The third kappa shape index (κ3) is 4.59. The molecule has 3 aromatic heterocycles. The Bertz CT molecular complexity index is 1260. The van der Waals surface area contributed by atoms with Gasteiger partial charge in [0.2, 0.25) is 0 Å². The molecule has 7 heteroatoms. The number of nitrogens with zero attached hydrogens (tertiary/aromatic N) is 4. The van der Waals surface area contributed by atoms with E-state index in [1.165, 1.54) is 0 Å². The molecule has 0 unspecified atom stereocenters. The Morgan fingerprint density at radius 1 is 1.09 bits per heavy atom. The van der Waals surface area contributed by atoms with E-state index in [4.69, 9.17) is 9.72 Å². The second-order valence-corrected chi connectivity index (χ2v) is 8.19. The number of benzene rings is 1. The molecule has 1 aliphatic heterocycles. The average molecular weight is 442 g/mol. The van der Waals surface area contributed by atoms with Crippen LogP contribution >= 0.6 is 0 Å². The minimum atomic E-state index is -0.173. The molecule has 0 spiro atoms. The van der Waals surface area contributed by atoms with Crippen LogP contribution in [0.2, 0.25) is 0 Å². The summed E-state index contributed by atoms with van der Waals surface area (Å²) in [4.78, 5) is 24.6. The van der Waals surface area contributed by atoms with E-state index in [1.54, 1.807) is 6.20 Å². The Kier molecular flexibility index (Phi) is 6.04. The molecule has 7 nitrogen and oxygen atoms in total. The molecule has 1 amide bonds. The van der Waals surface area contributed by atoms with Gasteiger partial charge in [0, 0.05) is 67.8 Å². The van der Waals surface area contributed by atoms with Gasteiger partial charge in [-0.05, 0) is 36.4 Å². The van der Waals surface area contributed by atoms with Gasteiger partial charge >= 0.3 is 0 Å². The van der Waals surface area contributed by atoms with Crippen molar-refractivity contribution in [2.45, 2.75) is 6.42 Å². The van der Waals surface area contributed by atoms with Crippen LogP contribution in [0.15, 0.2) is 67.0 Å². The number of aromatic nitrogens is 3. The molecule has 5 rings (SSSR count). The maximum atomic E-state index is 13.1. The SMILES string of the molecule is Cn1ccc2c(C(=O)NCCc3ccccn3)nc(-c3cccc(N4CCOCC4)c3)cc21. The minimum Gasteiger partial charge on any atom is -0.378 e. The number of morpholine rings is 1. The van der Waals surface area contributed by atoms with Crippen molar-refractivity contribution in [2.24, 2.45) is 7.05 Å². The van der Waals surface area contributed by atoms with Gasteiger partial charge in [0.1, 0.15) is 5.69 Å². The number of anilines is 1. The average Bonchev–Trinajstić information content (AvgIpc) is 3.25. The number of amides is 1. The first-order chi connectivity index (χ1) is 16.2. The predicted molar refractivity (Wildman–Crippen MR) is 129 cm³/mol. The second kappa shape index (κ2) is 9.42. The Morgan fingerprint density at radius 2 is 1.97 bits per heavy atom. The lowest BCUT2D eigenvalue weighted by molar-refractivity contribution is 0.0951. The fraction of sp³-hybridized carbons (Fsp3) is 0.269. The molecule has 0 atom stereocenters. The smallest absolute Gasteiger partial charge is 0.270 e. The topological polar surface area (TPSA) is 72.3 Å². The molecule has 0 radical (unpaired) electrons. The number of aryl methyl sites for hydroxylation is 1. The second-order valence-electron chi connectivity index (χ2n) is 8.19. The van der Waals surface area contributed by atoms with Gasteiger partial charge in [-0.15, -0.1) is 0 Å². The van der Waals surface area contributed by atoms with Crippen molar-refractivity contribution in [3.8, 4) is 11.3 Å². The Hall–Kier alpha value is -3.71. The van der Waals surface area contributed by atoms with Crippen LogP contribution < -0.4 is 10.2 Å². The molecule has 1 N–H and O–H groups in total. The van der Waals surface area contributed by atoms with Crippen molar-refractivity contribution in [1.82, 2.24) is 19.9 Å². The van der Waals surface area contributed by atoms with E-state index < -0.39 is 0 Å². The van der Waals surface area contributed by atoms with Crippen molar-refractivity contribution in [1.29, 1.82) is 0 Å². The molecule has 1 fully saturated rings. The number of carbonyl (C=O) groups excluding carboxylic acids is 1. The van der Waals surface area contributed by atoms with E-state index >= 15 is 0 Å². The van der Waals surface area contributed by atoms with Gasteiger partial charge < -0.3 is 19.5 Å². The minimum absolute atomic E-state index is 0.173. The van der Waals surface area contributed by atoms with Crippen molar-refractivity contribution in [3.63, 3.8) is 0 Å². The van der Waals surface area contributed by atoms with Gasteiger partial charge in [-0.1, -0.05) is 18.2 Å². The van der Waals surface area contributed by atoms with E-state index in [9.17, 15) is 4.79 Å². The third-order valence-electron chi connectivity index (χ3n) is 6.01. The zero-order valence-electron chi connectivity index (χ0n) is 18.7. The number of ether oxygens (including phenoxy) is 1. The quantitative estimate of drug-likeness (QED) is 0.496. The predicted octanol–water partition coefficient (Wildman–Crippen LogP) is 3.44. The number of pyridine rings is 2. The third-order valence-corrected chi connectivity index (χ3v) is 6.01. The number of rotatable bonds is 6. The molecule has 168 valence electrons. The van der Waals surface area contributed by atoms with Crippen molar-refractivity contribution in [3.05, 3.63) is 78.4 Å². The zero-order valence-corrected chi connectivity index (χ0v) is 18.7. The van der Waals surface area contributed by atoms with Crippen LogP contribution in [-0.2, 0) is 18.2 Å². The van der Waals surface area contributed by atoms with Gasteiger partial charge in [0.05, 0.1) is 24.4 Å². The summed E-state index contributed by atoms with van der Waals surface area (Å²) >= 11 is 0. The van der Waals surface area contributed by atoms with Crippen LogP contribution in [-0.4, -0.2) is 53.3 Å². The first-order valence-corrected chi connectivity index (χ1v) is 11.3. The highest BCUT2D eigenvalue weighted by Crippen LogP contribution is 2.28. The van der Waals surface area contributed by atoms with E-state index in [0.29, 0.717) is 18.7 Å². The maximum absolute atomic E-state index is 13.1. The van der Waals surface area contributed by atoms with E-state index in [2.05, 4.69) is 33.4 Å². The molecule has 1 aromatic carbocycles. The first-order valence-electron chi connectivity index (χ1n) is 11.3. The summed E-state index contributed by atoms with van der Waals surface area (Å²) < 4.78 is 7.51. The Labute approximate surface area is 193 Å². The fourth-order valence-electron chi connectivity index (χ4n) is 4.20. The van der Waals surface area contributed by atoms with Gasteiger partial charge in [-0.3, -0.25) is 9.78 Å². The number of fused-ring (bicyclic) bond motifs is 1. The maximum Gasteiger partial charge on any atom is 0.270 e. The molecule has 1 aliphatic rings. The van der Waals surface area contributed by atoms with E-state index in [-0.39, 0.29) is 5.91 Å². The summed E-state index contributed by atoms with van der Waals surface area (Å²) in [6.07, 6.45) is 4.40. The highest BCUT2D eigenvalue weighted by atomic mass is 16.5. The monoisotopic (exact) mass is 441 g/mol. The summed E-state index contributed by atoms with van der Waals surface area (Å²) in [5.74, 6) is -0.173. The van der Waals surface area contributed by atoms with Crippen LogP contribution in [0.5, 0.6) is 0 Å². The van der Waals surface area contributed by atoms with Crippen molar-refractivity contribution in [2.75, 3.05) is 37.7 Å². The van der Waals surface area contributed by atoms with E-state index in [0.717, 1.165) is 59.8 Å². The lowest BCUT2D eigenvalue weighted by Gasteiger charge is -2.29. The summed E-state index contributed by atoms with van der Waals surface area (Å²) in [5, 5.41) is 3.87. The molecule has 4 aromatic rings. The number of hydrogen-bond donors (Lipinski definition) is 1. The summed E-state index contributed by atoms with van der Waals surface area (Å²) in [6, 6.07) is 18.1. The highest BCUT2D eigenvalue weighted by Gasteiger charge is 2.17. The van der Waals surface area contributed by atoms with Crippen LogP contribution in [0.25, 0.3) is 22.2 Å². The summed E-state index contributed by atoms with van der Waals surface area (Å²) in [6.45, 7) is 3.72. The van der Waals surface area contributed by atoms with Crippen molar-refractivity contribution < 1.29 is 9.53 Å². The summed E-state index contributed by atoms with van der Waals surface area (Å²) in [7, 11) is 1.99. The Balaban J connectivity index is 1.43.